The highest BCUT2D eigenvalue weighted by Gasteiger charge is 2.36. The summed E-state index contributed by atoms with van der Waals surface area (Å²) >= 11 is 0.756. The maximum atomic E-state index is 12.6. The molecule has 0 atom stereocenters. The molecule has 1 heterocycles. The Kier molecular flexibility index (Phi) is 6.53. The zero-order chi connectivity index (χ0) is 21.7. The van der Waals surface area contributed by atoms with Crippen LogP contribution in [0.1, 0.15) is 11.1 Å². The Morgan fingerprint density at radius 1 is 1.13 bits per heavy atom. The number of hydrogen-bond donors (Lipinski definition) is 2. The highest BCUT2D eigenvalue weighted by Crippen LogP contribution is 2.32. The summed E-state index contributed by atoms with van der Waals surface area (Å²) in [6.07, 6.45) is 1.53. The number of carbonyl (C=O) groups is 4. The number of carboxylic acids is 1. The number of ether oxygens (including phenoxy) is 1. The lowest BCUT2D eigenvalue weighted by molar-refractivity contribution is -0.139. The minimum absolute atomic E-state index is 0.197. The van der Waals surface area contributed by atoms with E-state index in [4.69, 9.17) is 9.84 Å². The number of aryl methyl sites for hydroxylation is 1. The van der Waals surface area contributed by atoms with Gasteiger partial charge in [0, 0.05) is 5.69 Å². The van der Waals surface area contributed by atoms with Crippen molar-refractivity contribution >= 4 is 46.5 Å². The van der Waals surface area contributed by atoms with Crippen LogP contribution in [0.5, 0.6) is 5.75 Å². The van der Waals surface area contributed by atoms with Gasteiger partial charge in [-0.15, -0.1) is 0 Å². The average molecular weight is 426 g/mol. The van der Waals surface area contributed by atoms with Crippen molar-refractivity contribution in [3.05, 3.63) is 64.6 Å². The van der Waals surface area contributed by atoms with Gasteiger partial charge in [-0.1, -0.05) is 30.3 Å². The number of para-hydroxylation sites is 1. The Morgan fingerprint density at radius 3 is 2.50 bits per heavy atom. The maximum Gasteiger partial charge on any atom is 0.341 e. The first-order valence-corrected chi connectivity index (χ1v) is 9.70. The highest BCUT2D eigenvalue weighted by atomic mass is 32.2. The molecule has 8 nitrogen and oxygen atoms in total. The van der Waals surface area contributed by atoms with Crippen molar-refractivity contribution in [3.63, 3.8) is 0 Å². The molecule has 0 saturated carbocycles. The summed E-state index contributed by atoms with van der Waals surface area (Å²) in [5.41, 5.74) is 2.12. The molecule has 1 fully saturated rings. The third-order valence-corrected chi connectivity index (χ3v) is 5.04. The Morgan fingerprint density at radius 2 is 1.83 bits per heavy atom. The molecule has 1 saturated heterocycles. The number of thioether (sulfide) groups is 1. The number of nitrogens with one attached hydrogen (secondary N) is 1. The molecule has 0 aromatic heterocycles. The van der Waals surface area contributed by atoms with Crippen molar-refractivity contribution in [2.45, 2.75) is 6.92 Å². The molecular formula is C21H18N2O6S. The van der Waals surface area contributed by atoms with Crippen LogP contribution in [0, 0.1) is 6.92 Å². The number of carboxylic acid groups (broad SMARTS) is 1. The van der Waals surface area contributed by atoms with Crippen molar-refractivity contribution in [3.8, 4) is 5.75 Å². The quantitative estimate of drug-likeness (QED) is 0.654. The van der Waals surface area contributed by atoms with Gasteiger partial charge in [0.25, 0.3) is 11.1 Å². The molecule has 1 aliphatic rings. The summed E-state index contributed by atoms with van der Waals surface area (Å²) in [5, 5.41) is 10.8. The van der Waals surface area contributed by atoms with Crippen LogP contribution in [0.25, 0.3) is 6.08 Å². The second-order valence-electron chi connectivity index (χ2n) is 6.38. The summed E-state index contributed by atoms with van der Waals surface area (Å²) in [6, 6.07) is 13.6. The molecule has 0 bridgehead atoms. The topological polar surface area (TPSA) is 113 Å². The van der Waals surface area contributed by atoms with E-state index in [1.165, 1.54) is 6.08 Å². The monoisotopic (exact) mass is 426 g/mol. The highest BCUT2D eigenvalue weighted by molar-refractivity contribution is 8.18. The van der Waals surface area contributed by atoms with Crippen LogP contribution in [-0.4, -0.2) is 46.2 Å². The van der Waals surface area contributed by atoms with Gasteiger partial charge in [0.15, 0.2) is 6.61 Å². The normalized spacial score (nSPS) is 14.8. The lowest BCUT2D eigenvalue weighted by Gasteiger charge is -2.13. The molecule has 0 aliphatic carbocycles. The van der Waals surface area contributed by atoms with Gasteiger partial charge in [0.1, 0.15) is 12.3 Å². The van der Waals surface area contributed by atoms with E-state index in [1.807, 2.05) is 19.1 Å². The fourth-order valence-electron chi connectivity index (χ4n) is 2.64. The molecule has 3 amide bonds. The van der Waals surface area contributed by atoms with Crippen LogP contribution in [-0.2, 0) is 14.4 Å². The van der Waals surface area contributed by atoms with E-state index in [-0.39, 0.29) is 11.4 Å². The van der Waals surface area contributed by atoms with E-state index in [2.05, 4.69) is 5.32 Å². The summed E-state index contributed by atoms with van der Waals surface area (Å²) in [7, 11) is 0. The van der Waals surface area contributed by atoms with Crippen molar-refractivity contribution in [2.75, 3.05) is 18.5 Å². The first kappa shape index (κ1) is 21.1. The van der Waals surface area contributed by atoms with Gasteiger partial charge in [-0.3, -0.25) is 19.3 Å². The minimum Gasteiger partial charge on any atom is -0.482 e. The molecule has 3 rings (SSSR count). The van der Waals surface area contributed by atoms with Gasteiger partial charge in [-0.25, -0.2) is 4.79 Å². The number of benzene rings is 2. The third-order valence-electron chi connectivity index (χ3n) is 4.13. The summed E-state index contributed by atoms with van der Waals surface area (Å²) in [4.78, 5) is 48.7. The Labute approximate surface area is 176 Å². The van der Waals surface area contributed by atoms with Crippen LogP contribution in [0.4, 0.5) is 10.5 Å². The SMILES string of the molecule is Cc1ccccc1NC(=O)CN1C(=O)S/C(=C/c2ccc(OCC(=O)O)cc2)C1=O. The van der Waals surface area contributed by atoms with Gasteiger partial charge in [-0.2, -0.15) is 0 Å². The number of aliphatic carboxylic acids is 1. The third kappa shape index (κ3) is 5.26. The van der Waals surface area contributed by atoms with Gasteiger partial charge in [-0.05, 0) is 54.1 Å². The molecule has 0 spiro atoms. The molecule has 2 aromatic carbocycles. The van der Waals surface area contributed by atoms with Gasteiger partial charge in [0.05, 0.1) is 4.91 Å². The van der Waals surface area contributed by atoms with Crippen LogP contribution in [0.3, 0.4) is 0 Å². The molecule has 0 unspecified atom stereocenters. The summed E-state index contributed by atoms with van der Waals surface area (Å²) in [5.74, 6) is -1.72. The number of imide groups is 1. The first-order chi connectivity index (χ1) is 14.3. The standard InChI is InChI=1S/C21H18N2O6S/c1-13-4-2-3-5-16(13)22-18(24)11-23-20(27)17(30-21(23)28)10-14-6-8-15(9-7-14)29-12-19(25)26/h2-10H,11-12H2,1H3,(H,22,24)(H,25,26)/b17-10+. The zero-order valence-electron chi connectivity index (χ0n) is 16.0. The van der Waals surface area contributed by atoms with Crippen molar-refractivity contribution in [2.24, 2.45) is 0 Å². The Balaban J connectivity index is 1.64. The van der Waals surface area contributed by atoms with Crippen LogP contribution < -0.4 is 10.1 Å². The molecule has 30 heavy (non-hydrogen) atoms. The molecule has 0 radical (unpaired) electrons. The van der Waals surface area contributed by atoms with E-state index >= 15 is 0 Å². The van der Waals surface area contributed by atoms with Crippen molar-refractivity contribution in [1.82, 2.24) is 4.90 Å². The minimum atomic E-state index is -1.08. The van der Waals surface area contributed by atoms with Gasteiger partial charge >= 0.3 is 5.97 Å². The lowest BCUT2D eigenvalue weighted by atomic mass is 10.2. The number of rotatable bonds is 7. The molecule has 154 valence electrons. The first-order valence-electron chi connectivity index (χ1n) is 8.89. The van der Waals surface area contributed by atoms with Crippen molar-refractivity contribution < 1.29 is 29.0 Å². The maximum absolute atomic E-state index is 12.6. The predicted molar refractivity (Wildman–Crippen MR) is 112 cm³/mol. The number of nitrogens with zero attached hydrogens (tertiary/aromatic N) is 1. The number of carbonyl (C=O) groups excluding carboxylic acids is 3. The van der Waals surface area contributed by atoms with Crippen molar-refractivity contribution in [1.29, 1.82) is 0 Å². The Bertz CT molecular complexity index is 1030. The molecule has 2 aromatic rings. The largest absolute Gasteiger partial charge is 0.482 e. The molecule has 1 aliphatic heterocycles. The second kappa shape index (κ2) is 9.27. The van der Waals surface area contributed by atoms with E-state index < -0.39 is 29.6 Å². The molecule has 9 heteroatoms. The average Bonchev–Trinajstić information content (AvgIpc) is 2.96. The summed E-state index contributed by atoms with van der Waals surface area (Å²) < 4.78 is 5.05. The predicted octanol–water partition coefficient (Wildman–Crippen LogP) is 3.13. The number of amides is 3. The van der Waals surface area contributed by atoms with E-state index in [9.17, 15) is 19.2 Å². The smallest absolute Gasteiger partial charge is 0.341 e. The van der Waals surface area contributed by atoms with E-state index in [0.29, 0.717) is 17.0 Å². The van der Waals surface area contributed by atoms with Crippen LogP contribution >= 0.6 is 11.8 Å². The van der Waals surface area contributed by atoms with E-state index in [0.717, 1.165) is 22.2 Å². The molecule has 2 N–H and O–H groups in total. The lowest BCUT2D eigenvalue weighted by Crippen LogP contribution is -2.36. The zero-order valence-corrected chi connectivity index (χ0v) is 16.8. The van der Waals surface area contributed by atoms with Crippen LogP contribution in [0.2, 0.25) is 0 Å². The molecular weight excluding hydrogens is 408 g/mol. The summed E-state index contributed by atoms with van der Waals surface area (Å²) in [6.45, 7) is 1.01. The van der Waals surface area contributed by atoms with Gasteiger partial charge < -0.3 is 15.2 Å². The fraction of sp³-hybridized carbons (Fsp3) is 0.143. The number of anilines is 1. The number of hydrogen-bond acceptors (Lipinski definition) is 6. The second-order valence-corrected chi connectivity index (χ2v) is 7.38. The van der Waals surface area contributed by atoms with Gasteiger partial charge in [0.2, 0.25) is 5.91 Å². The van der Waals surface area contributed by atoms with Crippen LogP contribution in [0.15, 0.2) is 53.4 Å². The van der Waals surface area contributed by atoms with E-state index in [1.54, 1.807) is 36.4 Å². The fourth-order valence-corrected chi connectivity index (χ4v) is 3.48. The Hall–Kier alpha value is -3.59.